The van der Waals surface area contributed by atoms with Crippen molar-refractivity contribution in [1.29, 1.82) is 0 Å². The zero-order valence-corrected chi connectivity index (χ0v) is 13.0. The number of carbonyl (C=O) groups is 1. The number of rotatable bonds is 3. The third kappa shape index (κ3) is 3.42. The lowest BCUT2D eigenvalue weighted by Crippen LogP contribution is -2.26. The summed E-state index contributed by atoms with van der Waals surface area (Å²) in [6.45, 7) is 2.28. The van der Waals surface area contributed by atoms with Gasteiger partial charge in [-0.05, 0) is 63.6 Å². The Hall–Kier alpha value is -1.20. The van der Waals surface area contributed by atoms with E-state index in [1.807, 2.05) is 11.4 Å². The quantitative estimate of drug-likeness (QED) is 0.817. The van der Waals surface area contributed by atoms with E-state index in [0.29, 0.717) is 17.7 Å². The van der Waals surface area contributed by atoms with Crippen molar-refractivity contribution in [2.24, 2.45) is 0 Å². The van der Waals surface area contributed by atoms with E-state index in [1.165, 1.54) is 18.2 Å². The van der Waals surface area contributed by atoms with E-state index in [0.717, 1.165) is 9.35 Å². The molecule has 2 rings (SSSR count). The number of benzene rings is 1. The van der Waals surface area contributed by atoms with Gasteiger partial charge in [0.25, 0.3) is 5.91 Å². The third-order valence-electron chi connectivity index (χ3n) is 2.81. The van der Waals surface area contributed by atoms with Gasteiger partial charge in [-0.3, -0.25) is 4.79 Å². The van der Waals surface area contributed by atoms with Gasteiger partial charge in [-0.25, -0.2) is 4.39 Å². The second kappa shape index (κ2) is 5.84. The van der Waals surface area contributed by atoms with Crippen LogP contribution in [-0.4, -0.2) is 17.9 Å². The van der Waals surface area contributed by atoms with Crippen LogP contribution < -0.4 is 0 Å². The summed E-state index contributed by atoms with van der Waals surface area (Å²) in [6, 6.07) is 6.22. The highest BCUT2D eigenvalue weighted by Gasteiger charge is 2.15. The van der Waals surface area contributed by atoms with E-state index < -0.39 is 0 Å². The first-order chi connectivity index (χ1) is 8.97. The average Bonchev–Trinajstić information content (AvgIpc) is 2.74. The van der Waals surface area contributed by atoms with Gasteiger partial charge in [-0.1, -0.05) is 0 Å². The largest absolute Gasteiger partial charge is 0.337 e. The summed E-state index contributed by atoms with van der Waals surface area (Å²) < 4.78 is 14.1. The Kier molecular flexibility index (Phi) is 4.37. The lowest BCUT2D eigenvalue weighted by Gasteiger charge is -2.17. The lowest BCUT2D eigenvalue weighted by atomic mass is 10.1. The van der Waals surface area contributed by atoms with Crippen molar-refractivity contribution in [2.75, 3.05) is 7.05 Å². The SMILES string of the molecule is Cc1cc(F)ccc1C(=O)N(C)Cc1csc(Br)c1. The minimum Gasteiger partial charge on any atom is -0.337 e. The Balaban J connectivity index is 2.14. The van der Waals surface area contributed by atoms with E-state index in [4.69, 9.17) is 0 Å². The highest BCUT2D eigenvalue weighted by atomic mass is 79.9. The fourth-order valence-electron chi connectivity index (χ4n) is 1.85. The number of carbonyl (C=O) groups excluding carboxylic acids is 1. The molecule has 2 aromatic rings. The minimum absolute atomic E-state index is 0.0974. The first-order valence-electron chi connectivity index (χ1n) is 5.72. The van der Waals surface area contributed by atoms with Gasteiger partial charge < -0.3 is 4.90 Å². The summed E-state index contributed by atoms with van der Waals surface area (Å²) in [7, 11) is 1.75. The van der Waals surface area contributed by atoms with Crippen molar-refractivity contribution in [2.45, 2.75) is 13.5 Å². The monoisotopic (exact) mass is 341 g/mol. The number of hydrogen-bond acceptors (Lipinski definition) is 2. The van der Waals surface area contributed by atoms with Crippen molar-refractivity contribution in [3.05, 3.63) is 55.9 Å². The zero-order valence-electron chi connectivity index (χ0n) is 10.6. The molecule has 0 N–H and O–H groups in total. The third-order valence-corrected chi connectivity index (χ3v) is 4.36. The summed E-state index contributed by atoms with van der Waals surface area (Å²) >= 11 is 4.99. The van der Waals surface area contributed by atoms with Crippen LogP contribution in [0.5, 0.6) is 0 Å². The summed E-state index contributed by atoms with van der Waals surface area (Å²) in [5, 5.41) is 2.01. The Morgan fingerprint density at radius 2 is 2.16 bits per heavy atom. The van der Waals surface area contributed by atoms with Crippen molar-refractivity contribution >= 4 is 33.2 Å². The summed E-state index contributed by atoms with van der Waals surface area (Å²) in [5.74, 6) is -0.418. The lowest BCUT2D eigenvalue weighted by molar-refractivity contribution is 0.0784. The van der Waals surface area contributed by atoms with E-state index in [2.05, 4.69) is 15.9 Å². The van der Waals surface area contributed by atoms with Gasteiger partial charge in [0.1, 0.15) is 5.82 Å². The standard InChI is InChI=1S/C14H13BrFNOS/c1-9-5-11(16)3-4-12(9)14(18)17(2)7-10-6-13(15)19-8-10/h3-6,8H,7H2,1-2H3. The predicted octanol–water partition coefficient (Wildman–Crippen LogP) is 4.23. The molecule has 0 aliphatic rings. The van der Waals surface area contributed by atoms with Crippen molar-refractivity contribution in [3.63, 3.8) is 0 Å². The molecule has 0 radical (unpaired) electrons. The molecule has 0 atom stereocenters. The van der Waals surface area contributed by atoms with Crippen LogP contribution in [0.2, 0.25) is 0 Å². The second-order valence-electron chi connectivity index (χ2n) is 4.38. The summed E-state index contributed by atoms with van der Waals surface area (Å²) in [6.07, 6.45) is 0. The molecule has 1 heterocycles. The van der Waals surface area contributed by atoms with Crippen molar-refractivity contribution in [3.8, 4) is 0 Å². The van der Waals surface area contributed by atoms with Crippen LogP contribution >= 0.6 is 27.3 Å². The highest BCUT2D eigenvalue weighted by molar-refractivity contribution is 9.11. The second-order valence-corrected chi connectivity index (χ2v) is 6.67. The van der Waals surface area contributed by atoms with Gasteiger partial charge in [-0.15, -0.1) is 11.3 Å². The Morgan fingerprint density at radius 1 is 1.42 bits per heavy atom. The van der Waals surface area contributed by atoms with Crippen molar-refractivity contribution in [1.82, 2.24) is 4.90 Å². The van der Waals surface area contributed by atoms with Gasteiger partial charge in [-0.2, -0.15) is 0 Å². The van der Waals surface area contributed by atoms with E-state index >= 15 is 0 Å². The topological polar surface area (TPSA) is 20.3 Å². The minimum atomic E-state index is -0.321. The molecule has 0 saturated heterocycles. The molecule has 0 spiro atoms. The number of aryl methyl sites for hydroxylation is 1. The number of nitrogens with zero attached hydrogens (tertiary/aromatic N) is 1. The molecule has 1 aromatic carbocycles. The Morgan fingerprint density at radius 3 is 2.74 bits per heavy atom. The van der Waals surface area contributed by atoms with Gasteiger partial charge in [0.15, 0.2) is 0 Å². The predicted molar refractivity (Wildman–Crippen MR) is 79.0 cm³/mol. The molecule has 19 heavy (non-hydrogen) atoms. The fourth-order valence-corrected chi connectivity index (χ4v) is 3.05. The zero-order chi connectivity index (χ0) is 14.0. The first-order valence-corrected chi connectivity index (χ1v) is 7.39. The maximum atomic E-state index is 13.0. The molecule has 0 bridgehead atoms. The van der Waals surface area contributed by atoms with Crippen LogP contribution in [0.1, 0.15) is 21.5 Å². The summed E-state index contributed by atoms with van der Waals surface area (Å²) in [4.78, 5) is 13.9. The molecule has 5 heteroatoms. The molecule has 0 saturated carbocycles. The smallest absolute Gasteiger partial charge is 0.254 e. The van der Waals surface area contributed by atoms with E-state index in [-0.39, 0.29) is 11.7 Å². The maximum absolute atomic E-state index is 13.0. The van der Waals surface area contributed by atoms with Gasteiger partial charge in [0.05, 0.1) is 3.79 Å². The summed E-state index contributed by atoms with van der Waals surface area (Å²) in [5.41, 5.74) is 2.27. The number of thiophene rings is 1. The molecule has 0 fully saturated rings. The normalized spacial score (nSPS) is 10.5. The molecule has 1 amide bonds. The molecule has 0 aliphatic carbocycles. The maximum Gasteiger partial charge on any atom is 0.254 e. The Bertz CT molecular complexity index is 611. The molecule has 2 nitrogen and oxygen atoms in total. The highest BCUT2D eigenvalue weighted by Crippen LogP contribution is 2.22. The molecular formula is C14H13BrFNOS. The fraction of sp³-hybridized carbons (Fsp3) is 0.214. The molecule has 1 aromatic heterocycles. The number of halogens is 2. The Labute approximate surface area is 124 Å². The number of amides is 1. The van der Waals surface area contributed by atoms with Crippen LogP contribution in [0.15, 0.2) is 33.4 Å². The van der Waals surface area contributed by atoms with Crippen LogP contribution in [0.25, 0.3) is 0 Å². The van der Waals surface area contributed by atoms with E-state index in [9.17, 15) is 9.18 Å². The van der Waals surface area contributed by atoms with Gasteiger partial charge >= 0.3 is 0 Å². The van der Waals surface area contributed by atoms with E-state index in [1.54, 1.807) is 30.2 Å². The average molecular weight is 342 g/mol. The van der Waals surface area contributed by atoms with Gasteiger partial charge in [0, 0.05) is 19.2 Å². The van der Waals surface area contributed by atoms with Crippen molar-refractivity contribution < 1.29 is 9.18 Å². The van der Waals surface area contributed by atoms with Crippen LogP contribution in [0.4, 0.5) is 4.39 Å². The van der Waals surface area contributed by atoms with Crippen LogP contribution in [-0.2, 0) is 6.54 Å². The number of hydrogen-bond donors (Lipinski definition) is 0. The van der Waals surface area contributed by atoms with Crippen LogP contribution in [0, 0.1) is 12.7 Å². The van der Waals surface area contributed by atoms with Gasteiger partial charge in [0.2, 0.25) is 0 Å². The molecule has 100 valence electrons. The molecule has 0 aliphatic heterocycles. The first kappa shape index (κ1) is 14.2. The molecular weight excluding hydrogens is 329 g/mol. The van der Waals surface area contributed by atoms with Crippen LogP contribution in [0.3, 0.4) is 0 Å². The molecule has 0 unspecified atom stereocenters.